The first kappa shape index (κ1) is 15.9. The summed E-state index contributed by atoms with van der Waals surface area (Å²) in [4.78, 5) is 11.9. The summed E-state index contributed by atoms with van der Waals surface area (Å²) < 4.78 is 32.1. The number of benzene rings is 1. The lowest BCUT2D eigenvalue weighted by atomic mass is 9.82. The van der Waals surface area contributed by atoms with Gasteiger partial charge in [-0.1, -0.05) is 30.3 Å². The zero-order valence-electron chi connectivity index (χ0n) is 12.1. The Hall–Kier alpha value is -1.49. The molecule has 21 heavy (non-hydrogen) atoms. The summed E-state index contributed by atoms with van der Waals surface area (Å²) in [7, 11) is 0. The van der Waals surface area contributed by atoms with E-state index in [1.807, 2.05) is 30.3 Å². The fourth-order valence-corrected chi connectivity index (χ4v) is 2.72. The largest absolute Gasteiger partial charge is 0.466 e. The lowest BCUT2D eigenvalue weighted by Gasteiger charge is -2.35. The van der Waals surface area contributed by atoms with Crippen LogP contribution in [0.15, 0.2) is 30.3 Å². The van der Waals surface area contributed by atoms with Gasteiger partial charge in [0.2, 0.25) is 5.92 Å². The van der Waals surface area contributed by atoms with Crippen LogP contribution in [0, 0.1) is 5.92 Å². The Bertz CT molecular complexity index is 465. The topological polar surface area (TPSA) is 38.3 Å². The predicted octanol–water partition coefficient (Wildman–Crippen LogP) is 3.14. The first-order chi connectivity index (χ1) is 10.0. The maximum Gasteiger partial charge on any atom is 0.310 e. The number of esters is 1. The molecular formula is C16H21F2NO2. The zero-order valence-corrected chi connectivity index (χ0v) is 12.1. The van der Waals surface area contributed by atoms with Crippen molar-refractivity contribution in [3.8, 4) is 0 Å². The van der Waals surface area contributed by atoms with E-state index in [2.05, 4.69) is 5.32 Å². The molecule has 0 spiro atoms. The third-order valence-corrected chi connectivity index (χ3v) is 3.83. The van der Waals surface area contributed by atoms with Crippen LogP contribution < -0.4 is 5.32 Å². The Labute approximate surface area is 123 Å². The van der Waals surface area contributed by atoms with Crippen LogP contribution in [-0.2, 0) is 16.1 Å². The van der Waals surface area contributed by atoms with Gasteiger partial charge in [-0.25, -0.2) is 8.78 Å². The molecule has 0 radical (unpaired) electrons. The Morgan fingerprint density at radius 1 is 1.38 bits per heavy atom. The van der Waals surface area contributed by atoms with Gasteiger partial charge in [0.05, 0.1) is 12.5 Å². The second-order valence-electron chi connectivity index (χ2n) is 5.43. The molecule has 5 heteroatoms. The maximum atomic E-state index is 13.6. The molecule has 3 nitrogen and oxygen atoms in total. The van der Waals surface area contributed by atoms with Gasteiger partial charge in [0, 0.05) is 25.4 Å². The Morgan fingerprint density at radius 3 is 2.76 bits per heavy atom. The number of hydrogen-bond donors (Lipinski definition) is 1. The van der Waals surface area contributed by atoms with Crippen molar-refractivity contribution in [3.05, 3.63) is 35.9 Å². The van der Waals surface area contributed by atoms with Crippen molar-refractivity contribution in [1.29, 1.82) is 0 Å². The summed E-state index contributed by atoms with van der Waals surface area (Å²) in [5.41, 5.74) is 1.07. The molecule has 0 heterocycles. The summed E-state index contributed by atoms with van der Waals surface area (Å²) in [6, 6.07) is 9.44. The van der Waals surface area contributed by atoms with E-state index in [4.69, 9.17) is 4.74 Å². The fourth-order valence-electron chi connectivity index (χ4n) is 2.72. The van der Waals surface area contributed by atoms with E-state index < -0.39 is 24.2 Å². The molecule has 0 amide bonds. The zero-order chi connectivity index (χ0) is 15.3. The lowest BCUT2D eigenvalue weighted by Crippen LogP contribution is -2.47. The SMILES string of the molecule is CCOC(=O)C1CC(F)(F)CCC1NCc1ccccc1. The number of carbonyl (C=O) groups excluding carboxylic acids is 1. The highest BCUT2D eigenvalue weighted by Gasteiger charge is 2.45. The molecule has 116 valence electrons. The number of carbonyl (C=O) groups is 1. The van der Waals surface area contributed by atoms with Gasteiger partial charge < -0.3 is 10.1 Å². The van der Waals surface area contributed by atoms with Crippen molar-refractivity contribution < 1.29 is 18.3 Å². The molecular weight excluding hydrogens is 276 g/mol. The van der Waals surface area contributed by atoms with Gasteiger partial charge in [0.25, 0.3) is 0 Å². The summed E-state index contributed by atoms with van der Waals surface area (Å²) in [6.07, 6.45) is -0.336. The van der Waals surface area contributed by atoms with Crippen molar-refractivity contribution >= 4 is 5.97 Å². The third-order valence-electron chi connectivity index (χ3n) is 3.83. The van der Waals surface area contributed by atoms with Crippen LogP contribution in [0.1, 0.15) is 31.7 Å². The highest BCUT2D eigenvalue weighted by molar-refractivity contribution is 5.73. The quantitative estimate of drug-likeness (QED) is 0.849. The highest BCUT2D eigenvalue weighted by atomic mass is 19.3. The van der Waals surface area contributed by atoms with E-state index in [-0.39, 0.29) is 25.5 Å². The van der Waals surface area contributed by atoms with Gasteiger partial charge >= 0.3 is 5.97 Å². The number of rotatable bonds is 5. The smallest absolute Gasteiger partial charge is 0.310 e. The van der Waals surface area contributed by atoms with Gasteiger partial charge in [0.1, 0.15) is 0 Å². The molecule has 1 N–H and O–H groups in total. The first-order valence-electron chi connectivity index (χ1n) is 7.33. The second-order valence-corrected chi connectivity index (χ2v) is 5.43. The van der Waals surface area contributed by atoms with E-state index >= 15 is 0 Å². The van der Waals surface area contributed by atoms with Crippen molar-refractivity contribution in [2.24, 2.45) is 5.92 Å². The molecule has 1 aromatic carbocycles. The Kier molecular flexibility index (Phi) is 5.28. The summed E-state index contributed by atoms with van der Waals surface area (Å²) in [6.45, 7) is 2.46. The average Bonchev–Trinajstić information content (AvgIpc) is 2.46. The minimum absolute atomic E-state index is 0.185. The monoisotopic (exact) mass is 297 g/mol. The molecule has 0 aliphatic heterocycles. The van der Waals surface area contributed by atoms with Crippen LogP contribution >= 0.6 is 0 Å². The van der Waals surface area contributed by atoms with Gasteiger partial charge in [-0.3, -0.25) is 4.79 Å². The minimum atomic E-state index is -2.78. The minimum Gasteiger partial charge on any atom is -0.466 e. The Balaban J connectivity index is 1.99. The molecule has 1 fully saturated rings. The fraction of sp³-hybridized carbons (Fsp3) is 0.562. The molecule has 1 aromatic rings. The number of alkyl halides is 2. The van der Waals surface area contributed by atoms with E-state index in [1.54, 1.807) is 6.92 Å². The van der Waals surface area contributed by atoms with Crippen molar-refractivity contribution in [2.45, 2.75) is 44.7 Å². The van der Waals surface area contributed by atoms with Crippen LogP contribution in [0.2, 0.25) is 0 Å². The van der Waals surface area contributed by atoms with Gasteiger partial charge in [-0.05, 0) is 18.9 Å². The number of nitrogens with one attached hydrogen (secondary N) is 1. The van der Waals surface area contributed by atoms with Crippen molar-refractivity contribution in [3.63, 3.8) is 0 Å². The van der Waals surface area contributed by atoms with Gasteiger partial charge in [-0.2, -0.15) is 0 Å². The van der Waals surface area contributed by atoms with Crippen LogP contribution in [0.3, 0.4) is 0 Å². The van der Waals surface area contributed by atoms with Crippen LogP contribution in [-0.4, -0.2) is 24.5 Å². The van der Waals surface area contributed by atoms with E-state index in [0.29, 0.717) is 6.54 Å². The van der Waals surface area contributed by atoms with Crippen molar-refractivity contribution in [1.82, 2.24) is 5.32 Å². The average molecular weight is 297 g/mol. The van der Waals surface area contributed by atoms with Crippen molar-refractivity contribution in [2.75, 3.05) is 6.61 Å². The van der Waals surface area contributed by atoms with Crippen LogP contribution in [0.25, 0.3) is 0 Å². The van der Waals surface area contributed by atoms with Crippen LogP contribution in [0.5, 0.6) is 0 Å². The highest BCUT2D eigenvalue weighted by Crippen LogP contribution is 2.37. The molecule has 0 saturated heterocycles. The normalized spacial score (nSPS) is 24.5. The Morgan fingerprint density at radius 2 is 2.10 bits per heavy atom. The molecule has 1 aliphatic carbocycles. The first-order valence-corrected chi connectivity index (χ1v) is 7.33. The second kappa shape index (κ2) is 6.98. The lowest BCUT2D eigenvalue weighted by molar-refractivity contribution is -0.157. The maximum absolute atomic E-state index is 13.6. The predicted molar refractivity (Wildman–Crippen MR) is 76.0 cm³/mol. The van der Waals surface area contributed by atoms with Gasteiger partial charge in [-0.15, -0.1) is 0 Å². The molecule has 0 bridgehead atoms. The molecule has 2 rings (SSSR count). The summed E-state index contributed by atoms with van der Waals surface area (Å²) in [5.74, 6) is -4.08. The molecule has 1 aliphatic rings. The number of halogens is 2. The standard InChI is InChI=1S/C16H21F2NO2/c1-2-21-15(20)13-10-16(17,18)9-8-14(13)19-11-12-6-4-3-5-7-12/h3-7,13-14,19H,2,8-11H2,1H3. The van der Waals surface area contributed by atoms with Gasteiger partial charge in [0.15, 0.2) is 0 Å². The van der Waals surface area contributed by atoms with E-state index in [0.717, 1.165) is 5.56 Å². The summed E-state index contributed by atoms with van der Waals surface area (Å²) >= 11 is 0. The summed E-state index contributed by atoms with van der Waals surface area (Å²) in [5, 5.41) is 3.23. The third kappa shape index (κ3) is 4.49. The molecule has 0 aromatic heterocycles. The van der Waals surface area contributed by atoms with E-state index in [1.165, 1.54) is 0 Å². The molecule has 2 unspecified atom stereocenters. The molecule has 1 saturated carbocycles. The van der Waals surface area contributed by atoms with Crippen LogP contribution in [0.4, 0.5) is 8.78 Å². The number of ether oxygens (including phenoxy) is 1. The van der Waals surface area contributed by atoms with E-state index in [9.17, 15) is 13.6 Å². The number of hydrogen-bond acceptors (Lipinski definition) is 3. The molecule has 2 atom stereocenters.